The predicted octanol–water partition coefficient (Wildman–Crippen LogP) is 0.705. The van der Waals surface area contributed by atoms with Gasteiger partial charge < -0.3 is 15.5 Å². The standard InChI is InChI=1S/C18H34N4O2/c1-6-9-19-16(23)12-22-10-7-15(8-11-22)17(24)20-13-18(2,3)14-21(4)5/h6,15H,1,7-14H2,2-5H3,(H,19,23)(H,20,24). The average Bonchev–Trinajstić information content (AvgIpc) is 2.50. The second-order valence-electron chi connectivity index (χ2n) is 7.76. The summed E-state index contributed by atoms with van der Waals surface area (Å²) in [5.41, 5.74) is 0.0586. The number of nitrogens with one attached hydrogen (secondary N) is 2. The molecule has 1 rings (SSSR count). The monoisotopic (exact) mass is 338 g/mol. The molecule has 6 nitrogen and oxygen atoms in total. The van der Waals surface area contributed by atoms with E-state index in [1.807, 2.05) is 14.1 Å². The molecular weight excluding hydrogens is 304 g/mol. The lowest BCUT2D eigenvalue weighted by Crippen LogP contribution is -2.46. The van der Waals surface area contributed by atoms with Crippen molar-refractivity contribution < 1.29 is 9.59 Å². The van der Waals surface area contributed by atoms with Crippen molar-refractivity contribution in [1.82, 2.24) is 20.4 Å². The molecule has 0 saturated carbocycles. The van der Waals surface area contributed by atoms with Crippen molar-refractivity contribution >= 4 is 11.8 Å². The lowest BCUT2D eigenvalue weighted by Gasteiger charge is -2.32. The van der Waals surface area contributed by atoms with Crippen LogP contribution in [-0.4, -0.2) is 75.0 Å². The molecule has 1 fully saturated rings. The number of carbonyl (C=O) groups is 2. The Morgan fingerprint density at radius 1 is 1.25 bits per heavy atom. The minimum atomic E-state index is 0.0169. The number of likely N-dealkylation sites (tertiary alicyclic amines) is 1. The van der Waals surface area contributed by atoms with Crippen LogP contribution in [0.5, 0.6) is 0 Å². The highest BCUT2D eigenvalue weighted by atomic mass is 16.2. The predicted molar refractivity (Wildman–Crippen MR) is 97.7 cm³/mol. The third kappa shape index (κ3) is 7.93. The fraction of sp³-hybridized carbons (Fsp3) is 0.778. The van der Waals surface area contributed by atoms with Gasteiger partial charge in [0.05, 0.1) is 6.54 Å². The molecule has 2 amide bonds. The van der Waals surface area contributed by atoms with Crippen LogP contribution < -0.4 is 10.6 Å². The van der Waals surface area contributed by atoms with Crippen molar-refractivity contribution in [3.63, 3.8) is 0 Å². The second-order valence-corrected chi connectivity index (χ2v) is 7.76. The van der Waals surface area contributed by atoms with E-state index in [1.54, 1.807) is 6.08 Å². The highest BCUT2D eigenvalue weighted by molar-refractivity contribution is 5.79. The number of hydrogen-bond acceptors (Lipinski definition) is 4. The fourth-order valence-electron chi connectivity index (χ4n) is 3.18. The molecule has 0 bridgehead atoms. The minimum Gasteiger partial charge on any atom is -0.355 e. The van der Waals surface area contributed by atoms with Crippen LogP contribution in [0.25, 0.3) is 0 Å². The molecule has 6 heteroatoms. The lowest BCUT2D eigenvalue weighted by atomic mass is 9.91. The van der Waals surface area contributed by atoms with E-state index in [4.69, 9.17) is 0 Å². The van der Waals surface area contributed by atoms with Crippen LogP contribution in [-0.2, 0) is 9.59 Å². The van der Waals surface area contributed by atoms with Gasteiger partial charge in [-0.3, -0.25) is 14.5 Å². The van der Waals surface area contributed by atoms with Crippen molar-refractivity contribution in [2.75, 3.05) is 53.4 Å². The number of nitrogens with zero attached hydrogens (tertiary/aromatic N) is 2. The van der Waals surface area contributed by atoms with Gasteiger partial charge in [-0.1, -0.05) is 19.9 Å². The van der Waals surface area contributed by atoms with Crippen molar-refractivity contribution in [2.45, 2.75) is 26.7 Å². The summed E-state index contributed by atoms with van der Waals surface area (Å²) < 4.78 is 0. The van der Waals surface area contributed by atoms with Gasteiger partial charge in [0.2, 0.25) is 11.8 Å². The molecule has 1 aliphatic rings. The first-order valence-electron chi connectivity index (χ1n) is 8.76. The molecule has 0 aromatic heterocycles. The van der Waals surface area contributed by atoms with Crippen molar-refractivity contribution in [3.05, 3.63) is 12.7 Å². The summed E-state index contributed by atoms with van der Waals surface area (Å²) in [6, 6.07) is 0. The lowest BCUT2D eigenvalue weighted by molar-refractivity contribution is -0.127. The van der Waals surface area contributed by atoms with Gasteiger partial charge in [-0.15, -0.1) is 6.58 Å². The van der Waals surface area contributed by atoms with Gasteiger partial charge in [0.15, 0.2) is 0 Å². The fourth-order valence-corrected chi connectivity index (χ4v) is 3.18. The van der Waals surface area contributed by atoms with Gasteiger partial charge in [0, 0.05) is 25.6 Å². The quantitative estimate of drug-likeness (QED) is 0.608. The molecule has 0 atom stereocenters. The smallest absolute Gasteiger partial charge is 0.234 e. The topological polar surface area (TPSA) is 64.7 Å². The summed E-state index contributed by atoms with van der Waals surface area (Å²) in [6.07, 6.45) is 3.30. The molecule has 0 radical (unpaired) electrons. The normalized spacial score (nSPS) is 16.9. The molecule has 0 aliphatic carbocycles. The second kappa shape index (κ2) is 9.79. The average molecular weight is 338 g/mol. The largest absolute Gasteiger partial charge is 0.355 e. The van der Waals surface area contributed by atoms with Crippen LogP contribution in [0.3, 0.4) is 0 Å². The van der Waals surface area contributed by atoms with E-state index < -0.39 is 0 Å². The van der Waals surface area contributed by atoms with E-state index >= 15 is 0 Å². The number of hydrogen-bond donors (Lipinski definition) is 2. The SMILES string of the molecule is C=CCNC(=O)CN1CCC(C(=O)NCC(C)(C)CN(C)C)CC1. The van der Waals surface area contributed by atoms with Crippen molar-refractivity contribution in [2.24, 2.45) is 11.3 Å². The first-order chi connectivity index (χ1) is 11.2. The summed E-state index contributed by atoms with van der Waals surface area (Å²) in [6.45, 7) is 12.0. The Hall–Kier alpha value is -1.40. The van der Waals surface area contributed by atoms with Gasteiger partial charge in [-0.05, 0) is 45.4 Å². The molecule has 24 heavy (non-hydrogen) atoms. The Morgan fingerprint density at radius 3 is 2.42 bits per heavy atom. The third-order valence-corrected chi connectivity index (χ3v) is 4.25. The highest BCUT2D eigenvalue weighted by Gasteiger charge is 2.27. The van der Waals surface area contributed by atoms with Crippen LogP contribution in [0.1, 0.15) is 26.7 Å². The van der Waals surface area contributed by atoms with E-state index in [9.17, 15) is 9.59 Å². The molecule has 0 spiro atoms. The van der Waals surface area contributed by atoms with E-state index in [2.05, 4.69) is 40.9 Å². The molecule has 138 valence electrons. The molecule has 1 saturated heterocycles. The maximum Gasteiger partial charge on any atom is 0.234 e. The molecule has 0 aromatic carbocycles. The van der Waals surface area contributed by atoms with Gasteiger partial charge in [-0.2, -0.15) is 0 Å². The summed E-state index contributed by atoms with van der Waals surface area (Å²) >= 11 is 0. The Bertz CT molecular complexity index is 427. The maximum absolute atomic E-state index is 12.4. The summed E-state index contributed by atoms with van der Waals surface area (Å²) in [4.78, 5) is 28.3. The van der Waals surface area contributed by atoms with Crippen LogP contribution in [0.4, 0.5) is 0 Å². The summed E-state index contributed by atoms with van der Waals surface area (Å²) in [5.74, 6) is 0.230. The van der Waals surface area contributed by atoms with E-state index in [-0.39, 0.29) is 23.1 Å². The van der Waals surface area contributed by atoms with E-state index in [0.717, 1.165) is 32.5 Å². The van der Waals surface area contributed by atoms with Gasteiger partial charge in [-0.25, -0.2) is 0 Å². The van der Waals surface area contributed by atoms with Gasteiger partial charge >= 0.3 is 0 Å². The Balaban J connectivity index is 2.30. The number of carbonyl (C=O) groups excluding carboxylic acids is 2. The molecule has 1 heterocycles. The zero-order valence-corrected chi connectivity index (χ0v) is 15.7. The molecule has 1 aliphatic heterocycles. The number of rotatable bonds is 9. The Labute approximate surface area is 146 Å². The zero-order valence-electron chi connectivity index (χ0n) is 15.7. The van der Waals surface area contributed by atoms with Gasteiger partial charge in [0.25, 0.3) is 0 Å². The van der Waals surface area contributed by atoms with Crippen LogP contribution in [0.2, 0.25) is 0 Å². The molecular formula is C18H34N4O2. The van der Waals surface area contributed by atoms with Crippen molar-refractivity contribution in [3.8, 4) is 0 Å². The van der Waals surface area contributed by atoms with Gasteiger partial charge in [0.1, 0.15) is 0 Å². The first kappa shape index (κ1) is 20.6. The number of amides is 2. The minimum absolute atomic E-state index is 0.0169. The third-order valence-electron chi connectivity index (χ3n) is 4.25. The molecule has 0 unspecified atom stereocenters. The first-order valence-corrected chi connectivity index (χ1v) is 8.76. The van der Waals surface area contributed by atoms with Crippen LogP contribution in [0, 0.1) is 11.3 Å². The maximum atomic E-state index is 12.4. The highest BCUT2D eigenvalue weighted by Crippen LogP contribution is 2.19. The Kier molecular flexibility index (Phi) is 8.42. The van der Waals surface area contributed by atoms with Crippen molar-refractivity contribution in [1.29, 1.82) is 0 Å². The number of piperidine rings is 1. The molecule has 2 N–H and O–H groups in total. The van der Waals surface area contributed by atoms with Crippen LogP contribution >= 0.6 is 0 Å². The van der Waals surface area contributed by atoms with E-state index in [1.165, 1.54) is 0 Å². The molecule has 0 aromatic rings. The Morgan fingerprint density at radius 2 is 1.88 bits per heavy atom. The summed E-state index contributed by atoms with van der Waals surface area (Å²) in [7, 11) is 4.09. The van der Waals surface area contributed by atoms with E-state index in [0.29, 0.717) is 19.6 Å². The zero-order chi connectivity index (χ0) is 18.2. The van der Waals surface area contributed by atoms with Crippen LogP contribution in [0.15, 0.2) is 12.7 Å². The summed E-state index contributed by atoms with van der Waals surface area (Å²) in [5, 5.41) is 5.89.